The molecule has 0 atom stereocenters. The molecule has 0 saturated carbocycles. The predicted octanol–water partition coefficient (Wildman–Crippen LogP) is 2.14. The van der Waals surface area contributed by atoms with E-state index in [2.05, 4.69) is 11.0 Å². The molecule has 0 heterocycles. The van der Waals surface area contributed by atoms with Gasteiger partial charge in [-0.1, -0.05) is 12.1 Å². The van der Waals surface area contributed by atoms with Crippen molar-refractivity contribution in [1.29, 1.82) is 0 Å². The van der Waals surface area contributed by atoms with Crippen molar-refractivity contribution in [2.45, 2.75) is 20.4 Å². The summed E-state index contributed by atoms with van der Waals surface area (Å²) in [6.07, 6.45) is 0. The van der Waals surface area contributed by atoms with Gasteiger partial charge in [0.1, 0.15) is 0 Å². The van der Waals surface area contributed by atoms with Crippen LogP contribution in [0.4, 0.5) is 5.69 Å². The van der Waals surface area contributed by atoms with E-state index in [0.29, 0.717) is 0 Å². The molecule has 0 aliphatic carbocycles. The molecular weight excluding hydrogens is 240 g/mol. The number of nitrogens with two attached hydrogens (primary N) is 1. The van der Waals surface area contributed by atoms with Gasteiger partial charge in [-0.05, 0) is 31.5 Å². The molecule has 0 bridgehead atoms. The van der Waals surface area contributed by atoms with E-state index in [0.717, 1.165) is 51.7 Å². The Hall–Kier alpha value is -1.10. The van der Waals surface area contributed by atoms with Gasteiger partial charge in [0.25, 0.3) is 0 Å². The van der Waals surface area contributed by atoms with Crippen LogP contribution in [0.3, 0.4) is 0 Å². The van der Waals surface area contributed by atoms with Crippen molar-refractivity contribution in [3.8, 4) is 0 Å². The number of rotatable bonds is 10. The van der Waals surface area contributed by atoms with Crippen molar-refractivity contribution in [3.63, 3.8) is 0 Å². The number of hydrogen-bond donors (Lipinski definition) is 1. The zero-order valence-corrected chi connectivity index (χ0v) is 12.1. The summed E-state index contributed by atoms with van der Waals surface area (Å²) in [4.78, 5) is 2.33. The topological polar surface area (TPSA) is 47.7 Å². The fourth-order valence-electron chi connectivity index (χ4n) is 1.90. The predicted molar refractivity (Wildman–Crippen MR) is 79.1 cm³/mol. The third kappa shape index (κ3) is 7.15. The maximum Gasteiger partial charge on any atom is 0.0593 e. The van der Waals surface area contributed by atoms with Gasteiger partial charge < -0.3 is 15.2 Å². The Bertz CT molecular complexity index is 335. The fourth-order valence-corrected chi connectivity index (χ4v) is 1.90. The SMILES string of the molecule is CCOCCN(CCOCC)Cc1cccc(N)c1. The third-order valence-electron chi connectivity index (χ3n) is 2.87. The molecule has 1 aromatic carbocycles. The molecule has 0 aromatic heterocycles. The number of ether oxygens (including phenoxy) is 2. The Labute approximate surface area is 116 Å². The third-order valence-corrected chi connectivity index (χ3v) is 2.87. The molecule has 108 valence electrons. The molecule has 0 spiro atoms. The summed E-state index contributed by atoms with van der Waals surface area (Å²) in [5, 5.41) is 0. The van der Waals surface area contributed by atoms with Crippen molar-refractivity contribution in [1.82, 2.24) is 4.90 Å². The van der Waals surface area contributed by atoms with Gasteiger partial charge in [-0.2, -0.15) is 0 Å². The van der Waals surface area contributed by atoms with Gasteiger partial charge in [0.15, 0.2) is 0 Å². The second-order valence-corrected chi connectivity index (χ2v) is 4.42. The van der Waals surface area contributed by atoms with E-state index in [-0.39, 0.29) is 0 Å². The minimum atomic E-state index is 0.755. The summed E-state index contributed by atoms with van der Waals surface area (Å²) in [5.74, 6) is 0. The van der Waals surface area contributed by atoms with Crippen LogP contribution in [0.5, 0.6) is 0 Å². The Morgan fingerprint density at radius 3 is 2.21 bits per heavy atom. The van der Waals surface area contributed by atoms with Gasteiger partial charge in [0.05, 0.1) is 13.2 Å². The zero-order chi connectivity index (χ0) is 13.9. The van der Waals surface area contributed by atoms with Gasteiger partial charge >= 0.3 is 0 Å². The number of anilines is 1. The smallest absolute Gasteiger partial charge is 0.0593 e. The Balaban J connectivity index is 2.46. The molecule has 4 heteroatoms. The number of hydrogen-bond acceptors (Lipinski definition) is 4. The summed E-state index contributed by atoms with van der Waals surface area (Å²) in [6.45, 7) is 9.77. The van der Waals surface area contributed by atoms with Crippen LogP contribution in [0.25, 0.3) is 0 Å². The van der Waals surface area contributed by atoms with Gasteiger partial charge in [-0.15, -0.1) is 0 Å². The monoisotopic (exact) mass is 266 g/mol. The molecular formula is C15H26N2O2. The molecule has 0 radical (unpaired) electrons. The first kappa shape index (κ1) is 16.0. The lowest BCUT2D eigenvalue weighted by Crippen LogP contribution is -2.30. The average Bonchev–Trinajstić information content (AvgIpc) is 2.39. The second kappa shape index (κ2) is 9.78. The van der Waals surface area contributed by atoms with E-state index in [4.69, 9.17) is 15.2 Å². The summed E-state index contributed by atoms with van der Waals surface area (Å²) < 4.78 is 10.8. The highest BCUT2D eigenvalue weighted by molar-refractivity contribution is 5.40. The summed E-state index contributed by atoms with van der Waals surface area (Å²) in [6, 6.07) is 8.03. The quantitative estimate of drug-likeness (QED) is 0.521. The average molecular weight is 266 g/mol. The van der Waals surface area contributed by atoms with Crippen LogP contribution in [0.2, 0.25) is 0 Å². The van der Waals surface area contributed by atoms with Crippen LogP contribution >= 0.6 is 0 Å². The number of nitrogens with zero attached hydrogens (tertiary/aromatic N) is 1. The van der Waals surface area contributed by atoms with Crippen molar-refractivity contribution in [2.24, 2.45) is 0 Å². The first-order valence-electron chi connectivity index (χ1n) is 6.98. The maximum atomic E-state index is 5.81. The maximum absolute atomic E-state index is 5.81. The molecule has 1 aromatic rings. The molecule has 0 aliphatic heterocycles. The molecule has 19 heavy (non-hydrogen) atoms. The van der Waals surface area contributed by atoms with Crippen LogP contribution in [0.1, 0.15) is 19.4 Å². The van der Waals surface area contributed by atoms with Crippen LogP contribution in [0.15, 0.2) is 24.3 Å². The lowest BCUT2D eigenvalue weighted by molar-refractivity contribution is 0.0798. The molecule has 1 rings (SSSR count). The normalized spacial score (nSPS) is 11.1. The Kier molecular flexibility index (Phi) is 8.21. The number of benzene rings is 1. The van der Waals surface area contributed by atoms with Gasteiger partial charge in [0, 0.05) is 38.5 Å². The molecule has 0 saturated heterocycles. The van der Waals surface area contributed by atoms with Crippen LogP contribution in [-0.4, -0.2) is 44.4 Å². The molecule has 0 aliphatic rings. The minimum absolute atomic E-state index is 0.755. The lowest BCUT2D eigenvalue weighted by atomic mass is 10.2. The minimum Gasteiger partial charge on any atom is -0.399 e. The lowest BCUT2D eigenvalue weighted by Gasteiger charge is -2.22. The second-order valence-electron chi connectivity index (χ2n) is 4.42. The van der Waals surface area contributed by atoms with E-state index in [9.17, 15) is 0 Å². The first-order chi connectivity index (χ1) is 9.26. The standard InChI is InChI=1S/C15H26N2O2/c1-3-18-10-8-17(9-11-19-4-2)13-14-6-5-7-15(16)12-14/h5-7,12H,3-4,8-11,13,16H2,1-2H3. The summed E-state index contributed by atoms with van der Waals surface area (Å²) in [5.41, 5.74) is 7.85. The molecule has 0 unspecified atom stereocenters. The first-order valence-corrected chi connectivity index (χ1v) is 6.98. The van der Waals surface area contributed by atoms with Crippen LogP contribution in [0, 0.1) is 0 Å². The van der Waals surface area contributed by atoms with E-state index >= 15 is 0 Å². The largest absolute Gasteiger partial charge is 0.399 e. The van der Waals surface area contributed by atoms with Crippen molar-refractivity contribution < 1.29 is 9.47 Å². The molecule has 0 fully saturated rings. The van der Waals surface area contributed by atoms with Gasteiger partial charge in [-0.3, -0.25) is 4.90 Å². The Morgan fingerprint density at radius 2 is 1.68 bits per heavy atom. The molecule has 4 nitrogen and oxygen atoms in total. The zero-order valence-electron chi connectivity index (χ0n) is 12.1. The fraction of sp³-hybridized carbons (Fsp3) is 0.600. The highest BCUT2D eigenvalue weighted by Crippen LogP contribution is 2.09. The summed E-state index contributed by atoms with van der Waals surface area (Å²) in [7, 11) is 0. The summed E-state index contributed by atoms with van der Waals surface area (Å²) >= 11 is 0. The van der Waals surface area contributed by atoms with Crippen molar-refractivity contribution >= 4 is 5.69 Å². The van der Waals surface area contributed by atoms with Crippen LogP contribution in [-0.2, 0) is 16.0 Å². The molecule has 2 N–H and O–H groups in total. The van der Waals surface area contributed by atoms with E-state index in [1.807, 2.05) is 32.0 Å². The number of nitrogen functional groups attached to an aromatic ring is 1. The van der Waals surface area contributed by atoms with Crippen LogP contribution < -0.4 is 5.73 Å². The van der Waals surface area contributed by atoms with Crippen molar-refractivity contribution in [2.75, 3.05) is 45.3 Å². The Morgan fingerprint density at radius 1 is 1.05 bits per heavy atom. The van der Waals surface area contributed by atoms with E-state index in [1.165, 1.54) is 5.56 Å². The van der Waals surface area contributed by atoms with E-state index in [1.54, 1.807) is 0 Å². The van der Waals surface area contributed by atoms with Gasteiger partial charge in [0.2, 0.25) is 0 Å². The van der Waals surface area contributed by atoms with Gasteiger partial charge in [-0.25, -0.2) is 0 Å². The highest BCUT2D eigenvalue weighted by Gasteiger charge is 2.06. The highest BCUT2D eigenvalue weighted by atomic mass is 16.5. The van der Waals surface area contributed by atoms with Crippen molar-refractivity contribution in [3.05, 3.63) is 29.8 Å². The van der Waals surface area contributed by atoms with E-state index < -0.39 is 0 Å². The molecule has 0 amide bonds.